The smallest absolute Gasteiger partial charge is 0.328 e. The molecule has 17 heavy (non-hydrogen) atoms. The summed E-state index contributed by atoms with van der Waals surface area (Å²) in [6.07, 6.45) is -0.157. The van der Waals surface area contributed by atoms with Crippen molar-refractivity contribution >= 4 is 0 Å². The lowest BCUT2D eigenvalue weighted by Gasteiger charge is -2.33. The van der Waals surface area contributed by atoms with Gasteiger partial charge in [0.1, 0.15) is 0 Å². The fraction of sp³-hybridized carbons (Fsp3) is 1.00. The molecule has 5 heteroatoms. The number of hydrogen-bond acceptors (Lipinski definition) is 2. The van der Waals surface area contributed by atoms with E-state index in [4.69, 9.17) is 5.73 Å². The number of likely N-dealkylation sites (tertiary alicyclic amines) is 1. The summed E-state index contributed by atoms with van der Waals surface area (Å²) in [4.78, 5) is 1.95. The molecular weight excluding hydrogens is 229 g/mol. The maximum absolute atomic E-state index is 12.6. The topological polar surface area (TPSA) is 29.3 Å². The number of hydrogen-bond donors (Lipinski definition) is 1. The Balaban J connectivity index is 2.21. The first-order chi connectivity index (χ1) is 7.89. The molecule has 0 aromatic heterocycles. The van der Waals surface area contributed by atoms with Crippen molar-refractivity contribution in [1.82, 2.24) is 4.90 Å². The van der Waals surface area contributed by atoms with Crippen molar-refractivity contribution in [2.24, 2.45) is 11.7 Å². The third kappa shape index (κ3) is 5.73. The fourth-order valence-electron chi connectivity index (χ4n) is 2.33. The standard InChI is InChI=1S/C12H23F3N2/c1-10(16)5-2-3-7-17-8-4-6-11(9-17)12(13,14)15/h10-11H,2-9,16H2,1H3. The van der Waals surface area contributed by atoms with Crippen molar-refractivity contribution in [3.63, 3.8) is 0 Å². The largest absolute Gasteiger partial charge is 0.393 e. The van der Waals surface area contributed by atoms with E-state index in [9.17, 15) is 13.2 Å². The molecule has 0 amide bonds. The number of rotatable bonds is 5. The van der Waals surface area contributed by atoms with Crippen LogP contribution in [0.25, 0.3) is 0 Å². The SMILES string of the molecule is CC(N)CCCCN1CCCC(C(F)(F)F)C1. The third-order valence-corrected chi connectivity index (χ3v) is 3.35. The molecule has 0 spiro atoms. The summed E-state index contributed by atoms with van der Waals surface area (Å²) in [5, 5.41) is 0. The second-order valence-corrected chi connectivity index (χ2v) is 5.15. The van der Waals surface area contributed by atoms with Gasteiger partial charge in [0, 0.05) is 12.6 Å². The lowest BCUT2D eigenvalue weighted by Crippen LogP contribution is -2.42. The zero-order valence-corrected chi connectivity index (χ0v) is 10.5. The van der Waals surface area contributed by atoms with Gasteiger partial charge in [-0.1, -0.05) is 6.42 Å². The molecular formula is C12H23F3N2. The molecule has 0 radical (unpaired) electrons. The summed E-state index contributed by atoms with van der Waals surface area (Å²) >= 11 is 0. The van der Waals surface area contributed by atoms with Crippen molar-refractivity contribution in [3.8, 4) is 0 Å². The Kier molecular flexibility index (Phi) is 5.73. The molecule has 0 bridgehead atoms. The van der Waals surface area contributed by atoms with E-state index in [1.165, 1.54) is 0 Å². The Bertz CT molecular complexity index is 216. The van der Waals surface area contributed by atoms with Crippen molar-refractivity contribution in [2.45, 2.75) is 51.2 Å². The number of nitrogens with zero attached hydrogens (tertiary/aromatic N) is 1. The van der Waals surface area contributed by atoms with Gasteiger partial charge in [-0.05, 0) is 45.7 Å². The van der Waals surface area contributed by atoms with Gasteiger partial charge in [0.2, 0.25) is 0 Å². The molecule has 2 atom stereocenters. The van der Waals surface area contributed by atoms with E-state index >= 15 is 0 Å². The Hall–Kier alpha value is -0.290. The van der Waals surface area contributed by atoms with Crippen LogP contribution in [0.4, 0.5) is 13.2 Å². The van der Waals surface area contributed by atoms with Gasteiger partial charge in [-0.15, -0.1) is 0 Å². The van der Waals surface area contributed by atoms with Crippen LogP contribution < -0.4 is 5.73 Å². The highest BCUT2D eigenvalue weighted by Crippen LogP contribution is 2.33. The van der Waals surface area contributed by atoms with Gasteiger partial charge in [0.05, 0.1) is 5.92 Å². The van der Waals surface area contributed by atoms with Crippen LogP contribution in [-0.4, -0.2) is 36.8 Å². The first-order valence-corrected chi connectivity index (χ1v) is 6.44. The first kappa shape index (κ1) is 14.8. The lowest BCUT2D eigenvalue weighted by atomic mass is 9.97. The molecule has 102 valence electrons. The maximum atomic E-state index is 12.6. The van der Waals surface area contributed by atoms with Crippen LogP contribution in [0.15, 0.2) is 0 Å². The summed E-state index contributed by atoms with van der Waals surface area (Å²) in [6.45, 7) is 3.73. The zero-order valence-electron chi connectivity index (χ0n) is 10.5. The van der Waals surface area contributed by atoms with E-state index in [-0.39, 0.29) is 12.6 Å². The number of nitrogens with two attached hydrogens (primary N) is 1. The van der Waals surface area contributed by atoms with Crippen LogP contribution >= 0.6 is 0 Å². The molecule has 1 saturated heterocycles. The second kappa shape index (κ2) is 6.59. The minimum atomic E-state index is -4.02. The third-order valence-electron chi connectivity index (χ3n) is 3.35. The predicted molar refractivity (Wildman–Crippen MR) is 62.7 cm³/mol. The average molecular weight is 252 g/mol. The zero-order chi connectivity index (χ0) is 12.9. The van der Waals surface area contributed by atoms with E-state index in [1.807, 2.05) is 11.8 Å². The highest BCUT2D eigenvalue weighted by molar-refractivity contribution is 4.77. The molecule has 1 heterocycles. The maximum Gasteiger partial charge on any atom is 0.393 e. The minimum absolute atomic E-state index is 0.182. The molecule has 0 aromatic carbocycles. The van der Waals surface area contributed by atoms with Crippen LogP contribution in [0.5, 0.6) is 0 Å². The molecule has 0 aromatic rings. The Labute approximate surface area is 101 Å². The van der Waals surface area contributed by atoms with Gasteiger partial charge in [0.25, 0.3) is 0 Å². The molecule has 1 aliphatic heterocycles. The summed E-state index contributed by atoms with van der Waals surface area (Å²) < 4.78 is 37.7. The van der Waals surface area contributed by atoms with Gasteiger partial charge >= 0.3 is 6.18 Å². The van der Waals surface area contributed by atoms with Crippen molar-refractivity contribution in [3.05, 3.63) is 0 Å². The van der Waals surface area contributed by atoms with Gasteiger partial charge in [-0.3, -0.25) is 0 Å². The highest BCUT2D eigenvalue weighted by Gasteiger charge is 2.41. The van der Waals surface area contributed by atoms with E-state index in [0.29, 0.717) is 12.8 Å². The van der Waals surface area contributed by atoms with Crippen LogP contribution in [-0.2, 0) is 0 Å². The Morgan fingerprint density at radius 3 is 2.65 bits per heavy atom. The Morgan fingerprint density at radius 2 is 2.06 bits per heavy atom. The van der Waals surface area contributed by atoms with E-state index < -0.39 is 12.1 Å². The summed E-state index contributed by atoms with van der Waals surface area (Å²) in [7, 11) is 0. The normalized spacial score (nSPS) is 24.9. The van der Waals surface area contributed by atoms with Crippen LogP contribution in [0, 0.1) is 5.92 Å². The van der Waals surface area contributed by atoms with Gasteiger partial charge < -0.3 is 10.6 Å². The molecule has 1 fully saturated rings. The number of unbranched alkanes of at least 4 members (excludes halogenated alkanes) is 1. The second-order valence-electron chi connectivity index (χ2n) is 5.15. The first-order valence-electron chi connectivity index (χ1n) is 6.44. The molecule has 0 aliphatic carbocycles. The van der Waals surface area contributed by atoms with Gasteiger partial charge in [0.15, 0.2) is 0 Å². The minimum Gasteiger partial charge on any atom is -0.328 e. The monoisotopic (exact) mass is 252 g/mol. The number of halogens is 3. The molecule has 0 saturated carbocycles. The highest BCUT2D eigenvalue weighted by atomic mass is 19.4. The van der Waals surface area contributed by atoms with E-state index in [1.54, 1.807) is 0 Å². The van der Waals surface area contributed by atoms with E-state index in [0.717, 1.165) is 32.4 Å². The van der Waals surface area contributed by atoms with Gasteiger partial charge in [-0.25, -0.2) is 0 Å². The molecule has 2 unspecified atom stereocenters. The van der Waals surface area contributed by atoms with Crippen LogP contribution in [0.2, 0.25) is 0 Å². The Morgan fingerprint density at radius 1 is 1.35 bits per heavy atom. The van der Waals surface area contributed by atoms with Crippen molar-refractivity contribution < 1.29 is 13.2 Å². The summed E-state index contributed by atoms with van der Waals surface area (Å²) in [5.41, 5.74) is 5.63. The quantitative estimate of drug-likeness (QED) is 0.762. The van der Waals surface area contributed by atoms with Crippen molar-refractivity contribution in [2.75, 3.05) is 19.6 Å². The summed E-state index contributed by atoms with van der Waals surface area (Å²) in [6, 6.07) is 0.194. The lowest BCUT2D eigenvalue weighted by molar-refractivity contribution is -0.186. The predicted octanol–water partition coefficient (Wildman–Crippen LogP) is 2.78. The molecule has 2 N–H and O–H groups in total. The molecule has 1 rings (SSSR count). The van der Waals surface area contributed by atoms with Crippen LogP contribution in [0.1, 0.15) is 39.0 Å². The van der Waals surface area contributed by atoms with Crippen LogP contribution in [0.3, 0.4) is 0 Å². The number of piperidine rings is 1. The summed E-state index contributed by atoms with van der Waals surface area (Å²) in [5.74, 6) is -1.12. The molecule has 2 nitrogen and oxygen atoms in total. The van der Waals surface area contributed by atoms with E-state index in [2.05, 4.69) is 0 Å². The van der Waals surface area contributed by atoms with Gasteiger partial charge in [-0.2, -0.15) is 13.2 Å². The fourth-order valence-corrected chi connectivity index (χ4v) is 2.33. The molecule has 1 aliphatic rings. The average Bonchev–Trinajstić information content (AvgIpc) is 2.23. The number of alkyl halides is 3. The van der Waals surface area contributed by atoms with Crippen molar-refractivity contribution in [1.29, 1.82) is 0 Å².